The Morgan fingerprint density at radius 1 is 1.57 bits per heavy atom. The Bertz CT molecular complexity index is 388. The fourth-order valence-corrected chi connectivity index (χ4v) is 1.21. The zero-order valence-corrected chi connectivity index (χ0v) is 8.60. The van der Waals surface area contributed by atoms with E-state index in [1.165, 1.54) is 18.7 Å². The summed E-state index contributed by atoms with van der Waals surface area (Å²) in [5.41, 5.74) is 0.758. The van der Waals surface area contributed by atoms with Crippen molar-refractivity contribution in [1.82, 2.24) is 0 Å². The molecule has 2 nitrogen and oxygen atoms in total. The summed E-state index contributed by atoms with van der Waals surface area (Å²) in [7, 11) is 0. The van der Waals surface area contributed by atoms with Gasteiger partial charge in [-0.3, -0.25) is 4.79 Å². The van der Waals surface area contributed by atoms with Crippen molar-refractivity contribution in [3.8, 4) is 17.6 Å². The van der Waals surface area contributed by atoms with Gasteiger partial charge in [0.2, 0.25) is 0 Å². The van der Waals surface area contributed by atoms with E-state index < -0.39 is 0 Å². The highest BCUT2D eigenvalue weighted by Gasteiger charge is 1.90. The molecule has 0 amide bonds. The van der Waals surface area contributed by atoms with E-state index in [1.54, 1.807) is 18.2 Å². The molecule has 1 N–H and O–H groups in total. The summed E-state index contributed by atoms with van der Waals surface area (Å²) in [5.74, 6) is 6.39. The quantitative estimate of drug-likeness (QED) is 0.714. The highest BCUT2D eigenvalue weighted by Crippen LogP contribution is 2.09. The second-order valence-corrected chi connectivity index (χ2v) is 3.78. The first-order chi connectivity index (χ1) is 6.68. The smallest absolute Gasteiger partial charge is 0.186 e. The monoisotopic (exact) mass is 206 g/mol. The van der Waals surface area contributed by atoms with Crippen molar-refractivity contribution in [2.24, 2.45) is 0 Å². The van der Waals surface area contributed by atoms with Crippen LogP contribution in [0.25, 0.3) is 0 Å². The second-order valence-electron chi connectivity index (χ2n) is 2.63. The molecule has 0 atom stereocenters. The Balaban J connectivity index is 2.55. The SMILES string of the molecule is CC(=O)SCC#Cc1cccc(O)c1. The van der Waals surface area contributed by atoms with E-state index >= 15 is 0 Å². The van der Waals surface area contributed by atoms with Gasteiger partial charge in [-0.2, -0.15) is 0 Å². The average Bonchev–Trinajstić information content (AvgIpc) is 2.12. The fourth-order valence-electron chi connectivity index (χ4n) is 0.860. The number of hydrogen-bond donors (Lipinski definition) is 1. The standard InChI is InChI=1S/C11H10O2S/c1-9(12)14-7-3-5-10-4-2-6-11(13)8-10/h2,4,6,8,13H,7H2,1H3. The van der Waals surface area contributed by atoms with Crippen LogP contribution in [0.15, 0.2) is 24.3 Å². The zero-order chi connectivity index (χ0) is 10.4. The molecule has 0 spiro atoms. The highest BCUT2D eigenvalue weighted by molar-refractivity contribution is 8.13. The number of rotatable bonds is 1. The molecule has 0 bridgehead atoms. The lowest BCUT2D eigenvalue weighted by Crippen LogP contribution is -1.82. The summed E-state index contributed by atoms with van der Waals surface area (Å²) >= 11 is 1.18. The Labute approximate surface area is 87.3 Å². The maximum atomic E-state index is 10.6. The third kappa shape index (κ3) is 4.01. The van der Waals surface area contributed by atoms with E-state index in [2.05, 4.69) is 11.8 Å². The topological polar surface area (TPSA) is 37.3 Å². The maximum Gasteiger partial charge on any atom is 0.186 e. The summed E-state index contributed by atoms with van der Waals surface area (Å²) < 4.78 is 0. The maximum absolute atomic E-state index is 10.6. The molecule has 0 saturated carbocycles. The normalized spacial score (nSPS) is 8.93. The number of carbonyl (C=O) groups excluding carboxylic acids is 1. The Morgan fingerprint density at radius 2 is 2.36 bits per heavy atom. The Kier molecular flexibility index (Phi) is 4.09. The van der Waals surface area contributed by atoms with Gasteiger partial charge in [0.15, 0.2) is 5.12 Å². The van der Waals surface area contributed by atoms with E-state index in [9.17, 15) is 4.79 Å². The van der Waals surface area contributed by atoms with Gasteiger partial charge in [0, 0.05) is 12.5 Å². The van der Waals surface area contributed by atoms with Gasteiger partial charge in [-0.1, -0.05) is 29.7 Å². The van der Waals surface area contributed by atoms with Crippen LogP contribution in [0, 0.1) is 11.8 Å². The molecule has 0 aliphatic rings. The van der Waals surface area contributed by atoms with Crippen molar-refractivity contribution in [3.63, 3.8) is 0 Å². The molecule has 0 aliphatic carbocycles. The number of thioether (sulfide) groups is 1. The molecule has 1 rings (SSSR count). The minimum Gasteiger partial charge on any atom is -0.508 e. The van der Waals surface area contributed by atoms with Gasteiger partial charge in [0.1, 0.15) is 5.75 Å². The first-order valence-electron chi connectivity index (χ1n) is 4.10. The molecule has 1 aromatic rings. The van der Waals surface area contributed by atoms with Gasteiger partial charge in [-0.25, -0.2) is 0 Å². The molecule has 0 saturated heterocycles. The third-order valence-corrected chi connectivity index (χ3v) is 2.12. The van der Waals surface area contributed by atoms with Crippen LogP contribution in [0.3, 0.4) is 0 Å². The lowest BCUT2D eigenvalue weighted by atomic mass is 10.2. The predicted octanol–water partition coefficient (Wildman–Crippen LogP) is 2.02. The van der Waals surface area contributed by atoms with Crippen molar-refractivity contribution in [1.29, 1.82) is 0 Å². The summed E-state index contributed by atoms with van der Waals surface area (Å²) in [6.45, 7) is 1.51. The number of aromatic hydroxyl groups is 1. The Hall–Kier alpha value is -1.40. The summed E-state index contributed by atoms with van der Waals surface area (Å²) in [6, 6.07) is 6.73. The van der Waals surface area contributed by atoms with E-state index in [4.69, 9.17) is 5.11 Å². The average molecular weight is 206 g/mol. The van der Waals surface area contributed by atoms with Crippen LogP contribution in [0.5, 0.6) is 5.75 Å². The third-order valence-electron chi connectivity index (χ3n) is 1.43. The van der Waals surface area contributed by atoms with Gasteiger partial charge in [-0.15, -0.1) is 0 Å². The number of carbonyl (C=O) groups is 1. The lowest BCUT2D eigenvalue weighted by molar-refractivity contribution is -0.109. The van der Waals surface area contributed by atoms with Crippen molar-refractivity contribution in [2.45, 2.75) is 6.92 Å². The molecule has 0 radical (unpaired) electrons. The largest absolute Gasteiger partial charge is 0.508 e. The van der Waals surface area contributed by atoms with Crippen LogP contribution >= 0.6 is 11.8 Å². The van der Waals surface area contributed by atoms with Crippen molar-refractivity contribution >= 4 is 16.9 Å². The Morgan fingerprint density at radius 3 is 3.00 bits per heavy atom. The molecule has 0 unspecified atom stereocenters. The molecular weight excluding hydrogens is 196 g/mol. The van der Waals surface area contributed by atoms with Gasteiger partial charge in [0.05, 0.1) is 5.75 Å². The van der Waals surface area contributed by atoms with Crippen LogP contribution in [0.4, 0.5) is 0 Å². The summed E-state index contributed by atoms with van der Waals surface area (Å²) in [4.78, 5) is 10.6. The molecule has 0 heterocycles. The second kappa shape index (κ2) is 5.36. The van der Waals surface area contributed by atoms with Gasteiger partial charge in [0.25, 0.3) is 0 Å². The van der Waals surface area contributed by atoms with Crippen molar-refractivity contribution in [2.75, 3.05) is 5.75 Å². The molecule has 14 heavy (non-hydrogen) atoms. The van der Waals surface area contributed by atoms with Gasteiger partial charge >= 0.3 is 0 Å². The van der Waals surface area contributed by atoms with Gasteiger partial charge in [-0.05, 0) is 18.2 Å². The molecule has 3 heteroatoms. The molecule has 1 aromatic carbocycles. The van der Waals surface area contributed by atoms with Crippen molar-refractivity contribution in [3.05, 3.63) is 29.8 Å². The van der Waals surface area contributed by atoms with Gasteiger partial charge < -0.3 is 5.11 Å². The summed E-state index contributed by atoms with van der Waals surface area (Å²) in [5, 5.41) is 9.20. The minimum atomic E-state index is 0.0650. The zero-order valence-electron chi connectivity index (χ0n) is 7.78. The molecule has 0 aliphatic heterocycles. The number of hydrogen-bond acceptors (Lipinski definition) is 3. The first-order valence-corrected chi connectivity index (χ1v) is 5.08. The fraction of sp³-hybridized carbons (Fsp3) is 0.182. The van der Waals surface area contributed by atoms with Crippen molar-refractivity contribution < 1.29 is 9.90 Å². The van der Waals surface area contributed by atoms with Crippen LogP contribution < -0.4 is 0 Å². The van der Waals surface area contributed by atoms with E-state index in [0.29, 0.717) is 5.75 Å². The van der Waals surface area contributed by atoms with E-state index in [-0.39, 0.29) is 10.9 Å². The lowest BCUT2D eigenvalue weighted by Gasteiger charge is -1.91. The van der Waals surface area contributed by atoms with Crippen LogP contribution in [-0.4, -0.2) is 16.0 Å². The van der Waals surface area contributed by atoms with Crippen LogP contribution in [0.2, 0.25) is 0 Å². The minimum absolute atomic E-state index is 0.0650. The molecule has 0 aromatic heterocycles. The number of phenolic OH excluding ortho intramolecular Hbond substituents is 1. The van der Waals surface area contributed by atoms with Crippen LogP contribution in [0.1, 0.15) is 12.5 Å². The number of phenols is 1. The molecule has 0 fully saturated rings. The summed E-state index contributed by atoms with van der Waals surface area (Å²) in [6.07, 6.45) is 0. The first kappa shape index (κ1) is 10.7. The highest BCUT2D eigenvalue weighted by atomic mass is 32.2. The van der Waals surface area contributed by atoms with E-state index in [1.807, 2.05) is 6.07 Å². The predicted molar refractivity (Wildman–Crippen MR) is 58.1 cm³/mol. The molecule has 72 valence electrons. The molecular formula is C11H10O2S. The van der Waals surface area contributed by atoms with Crippen LogP contribution in [-0.2, 0) is 4.79 Å². The van der Waals surface area contributed by atoms with E-state index in [0.717, 1.165) is 5.56 Å². The number of benzene rings is 1.